The highest BCUT2D eigenvalue weighted by Gasteiger charge is 2.09. The molecule has 1 amide bonds. The Morgan fingerprint density at radius 2 is 2.10 bits per heavy atom. The molecule has 0 aromatic carbocycles. The molecule has 0 aliphatic heterocycles. The maximum absolute atomic E-state index is 11.6. The third kappa shape index (κ3) is 2.43. The number of hydrogen-bond acceptors (Lipinski definition) is 4. The van der Waals surface area contributed by atoms with Gasteiger partial charge in [-0.15, -0.1) is 0 Å². The maximum Gasteiger partial charge on any atom is 0.251 e. The lowest BCUT2D eigenvalue weighted by molar-refractivity contribution is 0.0963. The van der Waals surface area contributed by atoms with Crippen LogP contribution in [0.4, 0.5) is 0 Å². The minimum absolute atomic E-state index is 0.125. The number of hydrogen-bond donors (Lipinski definition) is 1. The third-order valence-electron chi connectivity index (χ3n) is 3.18. The number of aromatic nitrogens is 3. The first-order valence-electron chi connectivity index (χ1n) is 6.43. The highest BCUT2D eigenvalue weighted by atomic mass is 16.5. The monoisotopic (exact) mass is 282 g/mol. The molecule has 0 atom stereocenters. The zero-order valence-corrected chi connectivity index (χ0v) is 11.7. The minimum atomic E-state index is -0.125. The molecule has 3 rings (SSSR count). The molecular weight excluding hydrogens is 268 g/mol. The molecule has 3 aromatic heterocycles. The zero-order valence-electron chi connectivity index (χ0n) is 11.7. The molecular formula is C15H14N4O2. The number of ether oxygens (including phenoxy) is 1. The van der Waals surface area contributed by atoms with Gasteiger partial charge in [0.25, 0.3) is 5.91 Å². The van der Waals surface area contributed by atoms with Gasteiger partial charge in [-0.05, 0) is 24.3 Å². The van der Waals surface area contributed by atoms with Crippen LogP contribution in [-0.4, -0.2) is 34.7 Å². The van der Waals surface area contributed by atoms with Crippen molar-refractivity contribution in [2.75, 3.05) is 14.2 Å². The van der Waals surface area contributed by atoms with E-state index in [2.05, 4.69) is 15.4 Å². The summed E-state index contributed by atoms with van der Waals surface area (Å²) in [5.74, 6) is 0.600. The van der Waals surface area contributed by atoms with E-state index in [0.717, 1.165) is 22.7 Å². The number of methoxy groups -OCH3 is 1. The minimum Gasteiger partial charge on any atom is -0.497 e. The summed E-state index contributed by atoms with van der Waals surface area (Å²) in [6.45, 7) is 0. The highest BCUT2D eigenvalue weighted by molar-refractivity contribution is 5.95. The number of nitrogens with one attached hydrogen (secondary N) is 1. The summed E-state index contributed by atoms with van der Waals surface area (Å²) < 4.78 is 6.90. The van der Waals surface area contributed by atoms with Crippen LogP contribution < -0.4 is 10.1 Å². The predicted octanol–water partition coefficient (Wildman–Crippen LogP) is 1.76. The van der Waals surface area contributed by atoms with E-state index in [0.29, 0.717) is 5.56 Å². The lowest BCUT2D eigenvalue weighted by Crippen LogP contribution is -2.17. The molecule has 21 heavy (non-hydrogen) atoms. The smallest absolute Gasteiger partial charge is 0.251 e. The Hall–Kier alpha value is -2.89. The molecule has 0 aliphatic rings. The number of carbonyl (C=O) groups is 1. The molecule has 0 saturated heterocycles. The second kappa shape index (κ2) is 5.24. The van der Waals surface area contributed by atoms with E-state index in [-0.39, 0.29) is 5.91 Å². The van der Waals surface area contributed by atoms with Crippen molar-refractivity contribution in [1.82, 2.24) is 19.9 Å². The Morgan fingerprint density at radius 3 is 2.86 bits per heavy atom. The van der Waals surface area contributed by atoms with Crippen molar-refractivity contribution >= 4 is 11.4 Å². The van der Waals surface area contributed by atoms with Crippen LogP contribution in [0, 0.1) is 0 Å². The van der Waals surface area contributed by atoms with Gasteiger partial charge in [0.15, 0.2) is 0 Å². The second-order valence-electron chi connectivity index (χ2n) is 4.47. The first-order chi connectivity index (χ1) is 10.2. The van der Waals surface area contributed by atoms with Crippen LogP contribution in [0.1, 0.15) is 10.4 Å². The fourth-order valence-corrected chi connectivity index (χ4v) is 2.08. The van der Waals surface area contributed by atoms with Gasteiger partial charge in [-0.2, -0.15) is 5.10 Å². The van der Waals surface area contributed by atoms with Crippen molar-refractivity contribution in [3.05, 3.63) is 48.3 Å². The van der Waals surface area contributed by atoms with Crippen LogP contribution >= 0.6 is 0 Å². The number of amides is 1. The van der Waals surface area contributed by atoms with E-state index in [9.17, 15) is 4.79 Å². The van der Waals surface area contributed by atoms with Crippen LogP contribution in [0.15, 0.2) is 42.7 Å². The van der Waals surface area contributed by atoms with E-state index in [1.165, 1.54) is 0 Å². The van der Waals surface area contributed by atoms with Gasteiger partial charge < -0.3 is 10.1 Å². The van der Waals surface area contributed by atoms with Gasteiger partial charge >= 0.3 is 0 Å². The largest absolute Gasteiger partial charge is 0.497 e. The quantitative estimate of drug-likeness (QED) is 0.795. The fraction of sp³-hybridized carbons (Fsp3) is 0.133. The Bertz CT molecular complexity index is 810. The van der Waals surface area contributed by atoms with Gasteiger partial charge in [0.2, 0.25) is 0 Å². The number of nitrogens with zero attached hydrogens (tertiary/aromatic N) is 3. The topological polar surface area (TPSA) is 68.5 Å². The molecule has 0 unspecified atom stereocenters. The summed E-state index contributed by atoms with van der Waals surface area (Å²) in [7, 11) is 3.22. The number of carbonyl (C=O) groups excluding carboxylic acids is 1. The van der Waals surface area contributed by atoms with Crippen LogP contribution in [0.2, 0.25) is 0 Å². The van der Waals surface area contributed by atoms with Crippen LogP contribution in [-0.2, 0) is 0 Å². The van der Waals surface area contributed by atoms with Crippen molar-refractivity contribution in [1.29, 1.82) is 0 Å². The van der Waals surface area contributed by atoms with Gasteiger partial charge in [-0.3, -0.25) is 9.78 Å². The third-order valence-corrected chi connectivity index (χ3v) is 3.18. The first-order valence-corrected chi connectivity index (χ1v) is 6.43. The highest BCUT2D eigenvalue weighted by Crippen LogP contribution is 2.21. The van der Waals surface area contributed by atoms with E-state index in [1.54, 1.807) is 49.3 Å². The Morgan fingerprint density at radius 1 is 1.24 bits per heavy atom. The first kappa shape index (κ1) is 13.1. The zero-order chi connectivity index (χ0) is 14.8. The van der Waals surface area contributed by atoms with Crippen molar-refractivity contribution in [3.63, 3.8) is 0 Å². The van der Waals surface area contributed by atoms with Crippen LogP contribution in [0.25, 0.3) is 16.9 Å². The molecule has 6 nitrogen and oxygen atoms in total. The summed E-state index contributed by atoms with van der Waals surface area (Å²) in [6.07, 6.45) is 3.43. The number of fused-ring (bicyclic) bond motifs is 1. The second-order valence-corrected chi connectivity index (χ2v) is 4.47. The molecule has 0 radical (unpaired) electrons. The summed E-state index contributed by atoms with van der Waals surface area (Å²) in [4.78, 5) is 15.9. The Labute approximate surface area is 121 Å². The van der Waals surface area contributed by atoms with Gasteiger partial charge in [-0.25, -0.2) is 4.52 Å². The number of rotatable bonds is 3. The lowest BCUT2D eigenvalue weighted by Gasteiger charge is -2.00. The molecule has 1 N–H and O–H groups in total. The van der Waals surface area contributed by atoms with Crippen LogP contribution in [0.5, 0.6) is 5.75 Å². The van der Waals surface area contributed by atoms with E-state index in [1.807, 2.05) is 12.1 Å². The molecule has 0 bridgehead atoms. The molecule has 3 aromatic rings. The fourth-order valence-electron chi connectivity index (χ4n) is 2.08. The Kier molecular flexibility index (Phi) is 3.27. The van der Waals surface area contributed by atoms with Gasteiger partial charge in [0.05, 0.1) is 18.3 Å². The van der Waals surface area contributed by atoms with Crippen molar-refractivity contribution in [2.45, 2.75) is 0 Å². The normalized spacial score (nSPS) is 10.6. The lowest BCUT2D eigenvalue weighted by atomic mass is 10.2. The molecule has 0 aliphatic carbocycles. The van der Waals surface area contributed by atoms with Crippen molar-refractivity contribution in [3.8, 4) is 17.1 Å². The summed E-state index contributed by atoms with van der Waals surface area (Å²) in [5, 5.41) is 7.05. The van der Waals surface area contributed by atoms with Crippen LogP contribution in [0.3, 0.4) is 0 Å². The molecule has 0 saturated carbocycles. The van der Waals surface area contributed by atoms with Gasteiger partial charge in [0, 0.05) is 31.1 Å². The standard InChI is InChI=1S/C15H14N4O2/c1-16-15(20)10-4-6-19-11(7-10)8-14(18-19)13-9-12(21-2)3-5-17-13/h3-9H,1-2H3,(H,16,20). The SMILES string of the molecule is CNC(=O)c1ccn2nc(-c3cc(OC)ccn3)cc2c1. The average Bonchev–Trinajstić information content (AvgIpc) is 2.97. The van der Waals surface area contributed by atoms with Crippen molar-refractivity contribution in [2.24, 2.45) is 0 Å². The maximum atomic E-state index is 11.6. The summed E-state index contributed by atoms with van der Waals surface area (Å²) in [6, 6.07) is 9.00. The predicted molar refractivity (Wildman–Crippen MR) is 78.4 cm³/mol. The molecule has 0 fully saturated rings. The average molecular weight is 282 g/mol. The molecule has 3 heterocycles. The molecule has 6 heteroatoms. The van der Waals surface area contributed by atoms with Gasteiger partial charge in [0.1, 0.15) is 11.4 Å². The Balaban J connectivity index is 2.06. The summed E-state index contributed by atoms with van der Waals surface area (Å²) >= 11 is 0. The van der Waals surface area contributed by atoms with E-state index >= 15 is 0 Å². The van der Waals surface area contributed by atoms with E-state index < -0.39 is 0 Å². The number of pyridine rings is 2. The molecule has 0 spiro atoms. The van der Waals surface area contributed by atoms with Crippen molar-refractivity contribution < 1.29 is 9.53 Å². The summed E-state index contributed by atoms with van der Waals surface area (Å²) in [5.41, 5.74) is 2.87. The van der Waals surface area contributed by atoms with E-state index in [4.69, 9.17) is 4.74 Å². The molecule has 106 valence electrons. The van der Waals surface area contributed by atoms with Gasteiger partial charge in [-0.1, -0.05) is 0 Å².